The van der Waals surface area contributed by atoms with Gasteiger partial charge in [-0.15, -0.1) is 0 Å². The zero-order valence-electron chi connectivity index (χ0n) is 16.0. The number of hydrogen-bond donors (Lipinski definition) is 0. The van der Waals surface area contributed by atoms with Crippen molar-refractivity contribution >= 4 is 22.5 Å². The molecular formula is C22H24FN3O. The molecule has 0 radical (unpaired) electrons. The summed E-state index contributed by atoms with van der Waals surface area (Å²) in [6.07, 6.45) is 0. The van der Waals surface area contributed by atoms with E-state index in [0.29, 0.717) is 13.1 Å². The van der Waals surface area contributed by atoms with E-state index in [-0.39, 0.29) is 11.7 Å². The molecule has 1 fully saturated rings. The number of hydrogen-bond acceptors (Lipinski definition) is 2. The monoisotopic (exact) mass is 365 g/mol. The van der Waals surface area contributed by atoms with Gasteiger partial charge in [0.15, 0.2) is 0 Å². The smallest absolute Gasteiger partial charge is 0.253 e. The minimum atomic E-state index is -0.227. The van der Waals surface area contributed by atoms with Gasteiger partial charge in [-0.1, -0.05) is 0 Å². The molecule has 0 aliphatic carbocycles. The van der Waals surface area contributed by atoms with Crippen molar-refractivity contribution < 1.29 is 9.18 Å². The summed E-state index contributed by atoms with van der Waals surface area (Å²) in [6, 6.07) is 12.5. The summed E-state index contributed by atoms with van der Waals surface area (Å²) in [5.74, 6) is -0.147. The number of aryl methyl sites for hydroxylation is 2. The lowest BCUT2D eigenvalue weighted by Crippen LogP contribution is -2.48. The number of anilines is 1. The highest BCUT2D eigenvalue weighted by Crippen LogP contribution is 2.26. The second-order valence-corrected chi connectivity index (χ2v) is 7.26. The third kappa shape index (κ3) is 3.07. The van der Waals surface area contributed by atoms with Gasteiger partial charge in [0.2, 0.25) is 0 Å². The quantitative estimate of drug-likeness (QED) is 0.689. The molecule has 140 valence electrons. The van der Waals surface area contributed by atoms with Crippen LogP contribution in [-0.4, -0.2) is 41.6 Å². The lowest BCUT2D eigenvalue weighted by molar-refractivity contribution is 0.0747. The first-order valence-electron chi connectivity index (χ1n) is 9.31. The number of carbonyl (C=O) groups is 1. The van der Waals surface area contributed by atoms with Crippen molar-refractivity contribution in [1.82, 2.24) is 9.47 Å². The summed E-state index contributed by atoms with van der Waals surface area (Å²) in [5.41, 5.74) is 5.35. The SMILES string of the molecule is Cc1c(C)n(C)c2ccc(C(=O)N3CCN(c4ccc(F)cc4)CC3)cc12. The van der Waals surface area contributed by atoms with Crippen molar-refractivity contribution in [3.63, 3.8) is 0 Å². The van der Waals surface area contributed by atoms with E-state index in [1.165, 1.54) is 23.4 Å². The zero-order chi connectivity index (χ0) is 19.1. The summed E-state index contributed by atoms with van der Waals surface area (Å²) in [6.45, 7) is 7.05. The molecule has 0 N–H and O–H groups in total. The van der Waals surface area contributed by atoms with E-state index in [0.717, 1.165) is 35.2 Å². The second-order valence-electron chi connectivity index (χ2n) is 7.26. The molecule has 0 unspecified atom stereocenters. The largest absolute Gasteiger partial charge is 0.368 e. The first kappa shape index (κ1) is 17.6. The maximum atomic E-state index is 13.1. The van der Waals surface area contributed by atoms with Crippen LogP contribution in [0.4, 0.5) is 10.1 Å². The standard InChI is InChI=1S/C22H24FN3O/c1-15-16(2)24(3)21-9-4-17(14-20(15)21)22(27)26-12-10-25(11-13-26)19-7-5-18(23)6-8-19/h4-9,14H,10-13H2,1-3H3. The average Bonchev–Trinajstić information content (AvgIpc) is 2.92. The molecule has 0 atom stereocenters. The fourth-order valence-corrected chi connectivity index (χ4v) is 3.89. The summed E-state index contributed by atoms with van der Waals surface area (Å²) in [5, 5.41) is 1.14. The molecule has 27 heavy (non-hydrogen) atoms. The summed E-state index contributed by atoms with van der Waals surface area (Å²) < 4.78 is 15.3. The Morgan fingerprint density at radius 2 is 1.63 bits per heavy atom. The van der Waals surface area contributed by atoms with Crippen molar-refractivity contribution in [3.8, 4) is 0 Å². The molecule has 0 saturated carbocycles. The first-order chi connectivity index (χ1) is 13.0. The molecule has 1 aromatic heterocycles. The van der Waals surface area contributed by atoms with E-state index in [2.05, 4.69) is 30.4 Å². The third-order valence-corrected chi connectivity index (χ3v) is 5.81. The lowest BCUT2D eigenvalue weighted by Gasteiger charge is -2.36. The molecule has 5 heteroatoms. The molecule has 1 amide bonds. The van der Waals surface area contributed by atoms with E-state index in [1.807, 2.05) is 23.1 Å². The number of benzene rings is 2. The average molecular weight is 365 g/mol. The molecule has 1 aliphatic rings. The predicted molar refractivity (Wildman–Crippen MR) is 107 cm³/mol. The molecular weight excluding hydrogens is 341 g/mol. The fourth-order valence-electron chi connectivity index (χ4n) is 3.89. The minimum absolute atomic E-state index is 0.0802. The Morgan fingerprint density at radius 3 is 2.30 bits per heavy atom. The van der Waals surface area contributed by atoms with E-state index < -0.39 is 0 Å². The lowest BCUT2D eigenvalue weighted by atomic mass is 10.1. The van der Waals surface area contributed by atoms with Crippen LogP contribution in [-0.2, 0) is 7.05 Å². The third-order valence-electron chi connectivity index (χ3n) is 5.81. The van der Waals surface area contributed by atoms with Crippen LogP contribution in [0.25, 0.3) is 10.9 Å². The van der Waals surface area contributed by atoms with Crippen molar-refractivity contribution in [3.05, 3.63) is 65.1 Å². The van der Waals surface area contributed by atoms with Gasteiger partial charge >= 0.3 is 0 Å². The number of halogens is 1. The molecule has 4 rings (SSSR count). The van der Waals surface area contributed by atoms with Crippen LogP contribution in [0.15, 0.2) is 42.5 Å². The Balaban J connectivity index is 1.50. The molecule has 2 aromatic carbocycles. The summed E-state index contributed by atoms with van der Waals surface area (Å²) in [4.78, 5) is 17.1. The fraction of sp³-hybridized carbons (Fsp3) is 0.318. The van der Waals surface area contributed by atoms with E-state index in [1.54, 1.807) is 12.1 Å². The summed E-state index contributed by atoms with van der Waals surface area (Å²) in [7, 11) is 2.06. The van der Waals surface area contributed by atoms with E-state index >= 15 is 0 Å². The van der Waals surface area contributed by atoms with Crippen LogP contribution in [0.2, 0.25) is 0 Å². The van der Waals surface area contributed by atoms with Gasteiger partial charge in [-0.05, 0) is 61.9 Å². The Morgan fingerprint density at radius 1 is 0.963 bits per heavy atom. The Kier molecular flexibility index (Phi) is 4.38. The number of rotatable bonds is 2. The van der Waals surface area contributed by atoms with Crippen LogP contribution in [0, 0.1) is 19.7 Å². The normalized spacial score (nSPS) is 14.8. The highest BCUT2D eigenvalue weighted by molar-refractivity contribution is 5.99. The van der Waals surface area contributed by atoms with Gasteiger partial charge in [-0.3, -0.25) is 4.79 Å². The number of amides is 1. The van der Waals surface area contributed by atoms with Crippen LogP contribution in [0.1, 0.15) is 21.6 Å². The van der Waals surface area contributed by atoms with E-state index in [9.17, 15) is 9.18 Å². The highest BCUT2D eigenvalue weighted by Gasteiger charge is 2.23. The zero-order valence-corrected chi connectivity index (χ0v) is 16.0. The molecule has 2 heterocycles. The Hall–Kier alpha value is -2.82. The Labute approximate surface area is 158 Å². The number of piperazine rings is 1. The van der Waals surface area contributed by atoms with Crippen LogP contribution in [0.3, 0.4) is 0 Å². The maximum absolute atomic E-state index is 13.1. The summed E-state index contributed by atoms with van der Waals surface area (Å²) >= 11 is 0. The molecule has 0 spiro atoms. The van der Waals surface area contributed by atoms with Gasteiger partial charge in [-0.25, -0.2) is 4.39 Å². The topological polar surface area (TPSA) is 28.5 Å². The van der Waals surface area contributed by atoms with Gasteiger partial charge in [0.25, 0.3) is 5.91 Å². The highest BCUT2D eigenvalue weighted by atomic mass is 19.1. The van der Waals surface area contributed by atoms with Gasteiger partial charge in [0.1, 0.15) is 5.82 Å². The van der Waals surface area contributed by atoms with Crippen LogP contribution < -0.4 is 4.90 Å². The van der Waals surface area contributed by atoms with Crippen molar-refractivity contribution in [2.45, 2.75) is 13.8 Å². The van der Waals surface area contributed by atoms with E-state index in [4.69, 9.17) is 0 Å². The second kappa shape index (κ2) is 6.72. The molecule has 0 bridgehead atoms. The van der Waals surface area contributed by atoms with Gasteiger partial charge in [-0.2, -0.15) is 0 Å². The number of carbonyl (C=O) groups excluding carboxylic acids is 1. The number of aromatic nitrogens is 1. The van der Waals surface area contributed by atoms with Crippen LogP contribution >= 0.6 is 0 Å². The molecule has 4 nitrogen and oxygen atoms in total. The first-order valence-corrected chi connectivity index (χ1v) is 9.31. The predicted octanol–water partition coefficient (Wildman–Crippen LogP) is 3.90. The maximum Gasteiger partial charge on any atom is 0.253 e. The van der Waals surface area contributed by atoms with Gasteiger partial charge in [0.05, 0.1) is 0 Å². The molecule has 1 aliphatic heterocycles. The molecule has 1 saturated heterocycles. The van der Waals surface area contributed by atoms with Crippen LogP contribution in [0.5, 0.6) is 0 Å². The van der Waals surface area contributed by atoms with Crippen molar-refractivity contribution in [1.29, 1.82) is 0 Å². The number of fused-ring (bicyclic) bond motifs is 1. The van der Waals surface area contributed by atoms with Gasteiger partial charge < -0.3 is 14.4 Å². The van der Waals surface area contributed by atoms with Crippen molar-refractivity contribution in [2.24, 2.45) is 7.05 Å². The van der Waals surface area contributed by atoms with Crippen molar-refractivity contribution in [2.75, 3.05) is 31.1 Å². The molecule has 3 aromatic rings. The van der Waals surface area contributed by atoms with Gasteiger partial charge in [0, 0.05) is 61.1 Å². The minimum Gasteiger partial charge on any atom is -0.368 e. The Bertz CT molecular complexity index is 999. The number of nitrogens with zero attached hydrogens (tertiary/aromatic N) is 3.